The van der Waals surface area contributed by atoms with E-state index in [2.05, 4.69) is 14.7 Å². The van der Waals surface area contributed by atoms with E-state index in [0.29, 0.717) is 11.4 Å². The molecule has 0 bridgehead atoms. The van der Waals surface area contributed by atoms with Gasteiger partial charge < -0.3 is 5.32 Å². The number of rotatable bonds is 5. The highest BCUT2D eigenvalue weighted by atomic mass is 32.2. The molecule has 2 aromatic rings. The van der Waals surface area contributed by atoms with Gasteiger partial charge in [-0.1, -0.05) is 18.7 Å². The number of nitrogens with zero attached hydrogens (tertiary/aromatic N) is 2. The lowest BCUT2D eigenvalue weighted by molar-refractivity contribution is 0.0950. The van der Waals surface area contributed by atoms with Crippen LogP contribution in [-0.4, -0.2) is 21.0 Å². The van der Waals surface area contributed by atoms with E-state index in [1.54, 1.807) is 11.8 Å². The molecule has 0 fully saturated rings. The first kappa shape index (κ1) is 14.0. The normalized spacial score (nSPS) is 10.4. The van der Waals surface area contributed by atoms with Crippen LogP contribution in [0.15, 0.2) is 28.6 Å². The predicted octanol–water partition coefficient (Wildman–Crippen LogP) is 2.72. The molecular weight excluding hydrogens is 285 g/mol. The summed E-state index contributed by atoms with van der Waals surface area (Å²) in [4.78, 5) is 16.0. The number of aromatic nitrogens is 2. The van der Waals surface area contributed by atoms with Gasteiger partial charge in [0.25, 0.3) is 5.91 Å². The van der Waals surface area contributed by atoms with Gasteiger partial charge in [0.05, 0.1) is 6.54 Å². The predicted molar refractivity (Wildman–Crippen MR) is 73.9 cm³/mol. The average Bonchev–Trinajstić information content (AvgIpc) is 2.85. The number of carbonyl (C=O) groups excluding carboxylic acids is 1. The summed E-state index contributed by atoms with van der Waals surface area (Å²) < 4.78 is 17.8. The fourth-order valence-corrected chi connectivity index (χ4v) is 2.88. The third kappa shape index (κ3) is 4.00. The molecule has 0 aliphatic carbocycles. The van der Waals surface area contributed by atoms with Crippen molar-refractivity contribution in [1.29, 1.82) is 0 Å². The first-order chi connectivity index (χ1) is 9.19. The summed E-state index contributed by atoms with van der Waals surface area (Å²) >= 11 is 2.94. The molecule has 1 N–H and O–H groups in total. The molecule has 2 rings (SSSR count). The molecule has 0 spiro atoms. The molecule has 1 aromatic heterocycles. The van der Waals surface area contributed by atoms with Crippen LogP contribution in [0.3, 0.4) is 0 Å². The van der Waals surface area contributed by atoms with E-state index >= 15 is 0 Å². The van der Waals surface area contributed by atoms with Crippen LogP contribution in [0.1, 0.15) is 23.1 Å². The van der Waals surface area contributed by atoms with E-state index in [-0.39, 0.29) is 18.3 Å². The molecule has 0 radical (unpaired) electrons. The average molecular weight is 297 g/mol. The van der Waals surface area contributed by atoms with Crippen LogP contribution in [-0.2, 0) is 6.54 Å². The number of amides is 1. The van der Waals surface area contributed by atoms with Gasteiger partial charge in [0, 0.05) is 5.56 Å². The highest BCUT2D eigenvalue weighted by molar-refractivity contribution is 8.00. The van der Waals surface area contributed by atoms with Gasteiger partial charge in [-0.3, -0.25) is 4.79 Å². The standard InChI is InChI=1S/C12H12FN3OS2/c1-2-18-12-15-10(16-19-12)7-14-11(17)8-3-5-9(13)6-4-8/h3-6H,2,7H2,1H3,(H,14,17). The molecule has 7 heteroatoms. The monoisotopic (exact) mass is 297 g/mol. The van der Waals surface area contributed by atoms with Crippen LogP contribution in [0.2, 0.25) is 0 Å². The summed E-state index contributed by atoms with van der Waals surface area (Å²) in [5.41, 5.74) is 0.416. The maximum Gasteiger partial charge on any atom is 0.251 e. The van der Waals surface area contributed by atoms with Crippen molar-refractivity contribution in [3.8, 4) is 0 Å². The lowest BCUT2D eigenvalue weighted by Crippen LogP contribution is -2.23. The molecule has 0 saturated carbocycles. The Morgan fingerprint density at radius 1 is 1.42 bits per heavy atom. The van der Waals surface area contributed by atoms with Gasteiger partial charge in [-0.2, -0.15) is 4.37 Å². The van der Waals surface area contributed by atoms with E-state index in [1.807, 2.05) is 6.92 Å². The summed E-state index contributed by atoms with van der Waals surface area (Å²) in [5.74, 6) is 0.909. The van der Waals surface area contributed by atoms with Crippen molar-refractivity contribution in [2.24, 2.45) is 0 Å². The van der Waals surface area contributed by atoms with Crippen molar-refractivity contribution in [3.63, 3.8) is 0 Å². The number of carbonyl (C=O) groups is 1. The lowest BCUT2D eigenvalue weighted by atomic mass is 10.2. The summed E-state index contributed by atoms with van der Waals surface area (Å²) in [6.45, 7) is 2.32. The molecule has 0 saturated heterocycles. The van der Waals surface area contributed by atoms with E-state index in [9.17, 15) is 9.18 Å². The molecule has 1 heterocycles. The summed E-state index contributed by atoms with van der Waals surface area (Å²) in [5, 5.41) is 2.70. The van der Waals surface area contributed by atoms with Crippen molar-refractivity contribution >= 4 is 29.2 Å². The third-order valence-corrected chi connectivity index (χ3v) is 3.98. The summed E-state index contributed by atoms with van der Waals surface area (Å²) in [6, 6.07) is 5.40. The smallest absolute Gasteiger partial charge is 0.251 e. The Bertz CT molecular complexity index is 556. The van der Waals surface area contributed by atoms with Gasteiger partial charge >= 0.3 is 0 Å². The number of benzene rings is 1. The first-order valence-corrected chi connectivity index (χ1v) is 7.44. The van der Waals surface area contributed by atoms with Gasteiger partial charge in [0.1, 0.15) is 5.82 Å². The Balaban J connectivity index is 1.90. The first-order valence-electron chi connectivity index (χ1n) is 5.68. The number of hydrogen-bond acceptors (Lipinski definition) is 5. The minimum absolute atomic E-state index is 0.264. The quantitative estimate of drug-likeness (QED) is 0.862. The van der Waals surface area contributed by atoms with Gasteiger partial charge in [-0.25, -0.2) is 9.37 Å². The van der Waals surface area contributed by atoms with Crippen molar-refractivity contribution in [2.45, 2.75) is 17.8 Å². The zero-order valence-electron chi connectivity index (χ0n) is 10.2. The van der Waals surface area contributed by atoms with Crippen LogP contribution < -0.4 is 5.32 Å². The summed E-state index contributed by atoms with van der Waals surface area (Å²) in [7, 11) is 0. The molecule has 0 atom stereocenters. The number of thioether (sulfide) groups is 1. The molecular formula is C12H12FN3OS2. The van der Waals surface area contributed by atoms with Crippen LogP contribution in [0.25, 0.3) is 0 Å². The minimum atomic E-state index is -0.362. The molecule has 100 valence electrons. The number of halogens is 1. The number of nitrogens with one attached hydrogen (secondary N) is 1. The van der Waals surface area contributed by atoms with Gasteiger partial charge in [-0.05, 0) is 41.6 Å². The highest BCUT2D eigenvalue weighted by Gasteiger charge is 2.08. The SMILES string of the molecule is CCSc1nc(CNC(=O)c2ccc(F)cc2)ns1. The van der Waals surface area contributed by atoms with Crippen LogP contribution >= 0.6 is 23.3 Å². The molecule has 0 aliphatic rings. The van der Waals surface area contributed by atoms with Gasteiger partial charge in [0.2, 0.25) is 0 Å². The van der Waals surface area contributed by atoms with Gasteiger partial charge in [-0.15, -0.1) is 0 Å². The molecule has 1 amide bonds. The second kappa shape index (κ2) is 6.63. The minimum Gasteiger partial charge on any atom is -0.345 e. The second-order valence-corrected chi connectivity index (χ2v) is 5.86. The zero-order chi connectivity index (χ0) is 13.7. The van der Waals surface area contributed by atoms with Crippen molar-refractivity contribution in [2.75, 3.05) is 5.75 Å². The fourth-order valence-electron chi connectivity index (χ4n) is 1.35. The highest BCUT2D eigenvalue weighted by Crippen LogP contribution is 2.19. The number of hydrogen-bond donors (Lipinski definition) is 1. The molecule has 0 aliphatic heterocycles. The van der Waals surface area contributed by atoms with Crippen LogP contribution in [0.4, 0.5) is 4.39 Å². The molecule has 0 unspecified atom stereocenters. The fraction of sp³-hybridized carbons (Fsp3) is 0.250. The van der Waals surface area contributed by atoms with Crippen LogP contribution in [0, 0.1) is 5.82 Å². The molecule has 19 heavy (non-hydrogen) atoms. The second-order valence-electron chi connectivity index (χ2n) is 3.60. The van der Waals surface area contributed by atoms with E-state index in [1.165, 1.54) is 35.8 Å². The van der Waals surface area contributed by atoms with E-state index in [0.717, 1.165) is 10.1 Å². The Kier molecular flexibility index (Phi) is 4.86. The zero-order valence-corrected chi connectivity index (χ0v) is 11.9. The third-order valence-electron chi connectivity index (χ3n) is 2.23. The largest absolute Gasteiger partial charge is 0.345 e. The van der Waals surface area contributed by atoms with Crippen molar-refractivity contribution in [1.82, 2.24) is 14.7 Å². The van der Waals surface area contributed by atoms with Crippen molar-refractivity contribution < 1.29 is 9.18 Å². The Morgan fingerprint density at radius 3 is 2.84 bits per heavy atom. The lowest BCUT2D eigenvalue weighted by Gasteiger charge is -2.02. The Morgan fingerprint density at radius 2 is 2.16 bits per heavy atom. The van der Waals surface area contributed by atoms with Gasteiger partial charge in [0.15, 0.2) is 10.2 Å². The molecule has 1 aromatic carbocycles. The topological polar surface area (TPSA) is 54.9 Å². The maximum atomic E-state index is 12.7. The molecule has 4 nitrogen and oxygen atoms in total. The van der Waals surface area contributed by atoms with E-state index < -0.39 is 0 Å². The van der Waals surface area contributed by atoms with E-state index in [4.69, 9.17) is 0 Å². The maximum absolute atomic E-state index is 12.7. The summed E-state index contributed by atoms with van der Waals surface area (Å²) in [6.07, 6.45) is 0. The van der Waals surface area contributed by atoms with Crippen molar-refractivity contribution in [3.05, 3.63) is 41.5 Å². The van der Waals surface area contributed by atoms with Crippen LogP contribution in [0.5, 0.6) is 0 Å². The Hall–Kier alpha value is -1.47. The Labute approximate surface area is 118 Å².